The van der Waals surface area contributed by atoms with Gasteiger partial charge in [-0.1, -0.05) is 6.07 Å². The molecule has 3 rings (SSSR count). The summed E-state index contributed by atoms with van der Waals surface area (Å²) >= 11 is 0. The van der Waals surface area contributed by atoms with Crippen molar-refractivity contribution in [2.24, 2.45) is 5.73 Å². The number of pyridine rings is 1. The van der Waals surface area contributed by atoms with Gasteiger partial charge in [-0.3, -0.25) is 4.98 Å². The number of hydrogen-bond donors (Lipinski definition) is 1. The Kier molecular flexibility index (Phi) is 3.00. The van der Waals surface area contributed by atoms with E-state index in [1.165, 1.54) is 4.31 Å². The van der Waals surface area contributed by atoms with Gasteiger partial charge in [0.05, 0.1) is 10.4 Å². The van der Waals surface area contributed by atoms with E-state index in [0.29, 0.717) is 35.3 Å². The van der Waals surface area contributed by atoms with E-state index in [4.69, 9.17) is 5.73 Å². The normalized spacial score (nSPS) is 21.0. The molecule has 6 heteroatoms. The number of aromatic nitrogens is 1. The number of nitrogens with two attached hydrogens (primary N) is 1. The molecule has 0 unspecified atom stereocenters. The number of benzene rings is 1. The Hall–Kier alpha value is -1.50. The van der Waals surface area contributed by atoms with Gasteiger partial charge in [-0.05, 0) is 30.7 Å². The second-order valence-corrected chi connectivity index (χ2v) is 6.64. The Labute approximate surface area is 112 Å². The molecule has 1 saturated heterocycles. The van der Waals surface area contributed by atoms with Crippen LogP contribution in [-0.2, 0) is 10.0 Å². The maximum absolute atomic E-state index is 12.6. The zero-order chi connectivity index (χ0) is 13.5. The van der Waals surface area contributed by atoms with Crippen molar-refractivity contribution in [3.63, 3.8) is 0 Å². The highest BCUT2D eigenvalue weighted by molar-refractivity contribution is 7.89. The minimum Gasteiger partial charge on any atom is -0.326 e. The molecule has 0 radical (unpaired) electrons. The van der Waals surface area contributed by atoms with Crippen LogP contribution >= 0.6 is 0 Å². The SMILES string of the molecule is N[C@H]1CCN(S(=O)(=O)c2cccc3ncccc23)C1. The van der Waals surface area contributed by atoms with E-state index >= 15 is 0 Å². The van der Waals surface area contributed by atoms with Gasteiger partial charge in [-0.2, -0.15) is 4.31 Å². The predicted molar refractivity (Wildman–Crippen MR) is 73.1 cm³/mol. The van der Waals surface area contributed by atoms with Crippen molar-refractivity contribution in [2.75, 3.05) is 13.1 Å². The average molecular weight is 277 g/mol. The van der Waals surface area contributed by atoms with Gasteiger partial charge in [-0.25, -0.2) is 8.42 Å². The molecule has 19 heavy (non-hydrogen) atoms. The van der Waals surface area contributed by atoms with Gasteiger partial charge >= 0.3 is 0 Å². The van der Waals surface area contributed by atoms with Crippen molar-refractivity contribution in [1.82, 2.24) is 9.29 Å². The zero-order valence-corrected chi connectivity index (χ0v) is 11.2. The van der Waals surface area contributed by atoms with Crippen molar-refractivity contribution in [1.29, 1.82) is 0 Å². The van der Waals surface area contributed by atoms with Crippen LogP contribution in [0.1, 0.15) is 6.42 Å². The van der Waals surface area contributed by atoms with Crippen LogP contribution in [0.2, 0.25) is 0 Å². The second-order valence-electron chi connectivity index (χ2n) is 4.74. The maximum Gasteiger partial charge on any atom is 0.243 e. The molecule has 1 aromatic carbocycles. The summed E-state index contributed by atoms with van der Waals surface area (Å²) in [5, 5.41) is 0.658. The molecule has 2 aromatic rings. The van der Waals surface area contributed by atoms with Gasteiger partial charge in [0.2, 0.25) is 10.0 Å². The van der Waals surface area contributed by atoms with E-state index < -0.39 is 10.0 Å². The lowest BCUT2D eigenvalue weighted by molar-refractivity contribution is 0.473. The second kappa shape index (κ2) is 4.56. The van der Waals surface area contributed by atoms with Crippen molar-refractivity contribution in [3.05, 3.63) is 36.5 Å². The molecule has 1 atom stereocenters. The Morgan fingerprint density at radius 2 is 2.11 bits per heavy atom. The van der Waals surface area contributed by atoms with Crippen LogP contribution in [0.5, 0.6) is 0 Å². The van der Waals surface area contributed by atoms with E-state index in [1.807, 2.05) is 6.07 Å². The van der Waals surface area contributed by atoms with Crippen LogP contribution in [0.25, 0.3) is 10.9 Å². The number of nitrogens with zero attached hydrogens (tertiary/aromatic N) is 2. The highest BCUT2D eigenvalue weighted by Crippen LogP contribution is 2.26. The van der Waals surface area contributed by atoms with E-state index in [9.17, 15) is 8.42 Å². The zero-order valence-electron chi connectivity index (χ0n) is 10.4. The van der Waals surface area contributed by atoms with Gasteiger partial charge in [0.25, 0.3) is 0 Å². The summed E-state index contributed by atoms with van der Waals surface area (Å²) in [6, 6.07) is 8.62. The van der Waals surface area contributed by atoms with Gasteiger partial charge in [-0.15, -0.1) is 0 Å². The number of fused-ring (bicyclic) bond motifs is 1. The molecule has 0 aliphatic carbocycles. The molecule has 100 valence electrons. The molecule has 1 aliphatic rings. The summed E-state index contributed by atoms with van der Waals surface area (Å²) in [6.07, 6.45) is 2.37. The fourth-order valence-electron chi connectivity index (χ4n) is 2.41. The molecule has 2 heterocycles. The monoisotopic (exact) mass is 277 g/mol. The summed E-state index contributed by atoms with van der Waals surface area (Å²) in [6.45, 7) is 0.874. The molecule has 0 saturated carbocycles. The molecule has 2 N–H and O–H groups in total. The third-order valence-electron chi connectivity index (χ3n) is 3.41. The van der Waals surface area contributed by atoms with Gasteiger partial charge in [0.15, 0.2) is 0 Å². The largest absolute Gasteiger partial charge is 0.326 e. The van der Waals surface area contributed by atoms with E-state index in [2.05, 4.69) is 4.98 Å². The van der Waals surface area contributed by atoms with Crippen LogP contribution in [0.3, 0.4) is 0 Å². The summed E-state index contributed by atoms with van der Waals surface area (Å²) in [5.41, 5.74) is 6.48. The molecular formula is C13H15N3O2S. The van der Waals surface area contributed by atoms with Crippen molar-refractivity contribution in [3.8, 4) is 0 Å². The maximum atomic E-state index is 12.6. The Balaban J connectivity index is 2.14. The van der Waals surface area contributed by atoms with Crippen LogP contribution in [0.4, 0.5) is 0 Å². The average Bonchev–Trinajstić information content (AvgIpc) is 2.85. The molecule has 0 spiro atoms. The Morgan fingerprint density at radius 3 is 2.84 bits per heavy atom. The third kappa shape index (κ3) is 2.11. The van der Waals surface area contributed by atoms with Gasteiger partial charge in [0, 0.05) is 30.7 Å². The highest BCUT2D eigenvalue weighted by atomic mass is 32.2. The first-order valence-electron chi connectivity index (χ1n) is 6.18. The summed E-state index contributed by atoms with van der Waals surface area (Å²) in [5.74, 6) is 0. The summed E-state index contributed by atoms with van der Waals surface area (Å²) in [7, 11) is -3.48. The quantitative estimate of drug-likeness (QED) is 0.887. The Bertz CT molecular complexity index is 709. The molecule has 0 bridgehead atoms. The van der Waals surface area contributed by atoms with Gasteiger partial charge in [0.1, 0.15) is 0 Å². The number of sulfonamides is 1. The first-order chi connectivity index (χ1) is 9.09. The lowest BCUT2D eigenvalue weighted by Gasteiger charge is -2.17. The van der Waals surface area contributed by atoms with Crippen molar-refractivity contribution < 1.29 is 8.42 Å². The smallest absolute Gasteiger partial charge is 0.243 e. The molecule has 1 aliphatic heterocycles. The van der Waals surface area contributed by atoms with Crippen LogP contribution in [-0.4, -0.2) is 36.8 Å². The van der Waals surface area contributed by atoms with E-state index in [-0.39, 0.29) is 6.04 Å². The first-order valence-corrected chi connectivity index (χ1v) is 7.62. The minimum absolute atomic E-state index is 0.0668. The lowest BCUT2D eigenvalue weighted by Crippen LogP contribution is -2.32. The topological polar surface area (TPSA) is 76.3 Å². The van der Waals surface area contributed by atoms with Crippen LogP contribution in [0, 0.1) is 0 Å². The highest BCUT2D eigenvalue weighted by Gasteiger charge is 2.31. The molecular weight excluding hydrogens is 262 g/mol. The third-order valence-corrected chi connectivity index (χ3v) is 5.33. The fraction of sp³-hybridized carbons (Fsp3) is 0.308. The van der Waals surface area contributed by atoms with E-state index in [1.54, 1.807) is 30.5 Å². The number of rotatable bonds is 2. The van der Waals surface area contributed by atoms with Crippen LogP contribution in [0.15, 0.2) is 41.4 Å². The standard InChI is InChI=1S/C13H15N3O2S/c14-10-6-8-16(9-10)19(17,18)13-5-1-4-12-11(13)3-2-7-15-12/h1-5,7,10H,6,8-9,14H2/t10-/m0/s1. The van der Waals surface area contributed by atoms with E-state index in [0.717, 1.165) is 0 Å². The fourth-order valence-corrected chi connectivity index (χ4v) is 4.12. The Morgan fingerprint density at radius 1 is 1.26 bits per heavy atom. The van der Waals surface area contributed by atoms with Gasteiger partial charge < -0.3 is 5.73 Å². The van der Waals surface area contributed by atoms with Crippen molar-refractivity contribution in [2.45, 2.75) is 17.4 Å². The molecule has 1 aromatic heterocycles. The van der Waals surface area contributed by atoms with Crippen molar-refractivity contribution >= 4 is 20.9 Å². The summed E-state index contributed by atoms with van der Waals surface area (Å²) < 4.78 is 26.7. The molecule has 1 fully saturated rings. The first kappa shape index (κ1) is 12.5. The lowest BCUT2D eigenvalue weighted by atomic mass is 10.2. The molecule has 5 nitrogen and oxygen atoms in total. The minimum atomic E-state index is -3.48. The molecule has 0 amide bonds. The summed E-state index contributed by atoms with van der Waals surface area (Å²) in [4.78, 5) is 4.50. The predicted octanol–water partition coefficient (Wildman–Crippen LogP) is 0.956. The number of hydrogen-bond acceptors (Lipinski definition) is 4. The van der Waals surface area contributed by atoms with Crippen LogP contribution < -0.4 is 5.73 Å².